The molecule has 0 radical (unpaired) electrons. The molecule has 0 spiro atoms. The van der Waals surface area contributed by atoms with E-state index in [-0.39, 0.29) is 12.7 Å². The molecule has 0 saturated carbocycles. The molecular formula is C12H24F6O8S2. The van der Waals surface area contributed by atoms with Crippen molar-refractivity contribution in [2.75, 3.05) is 6.61 Å². The van der Waals surface area contributed by atoms with Gasteiger partial charge in [-0.15, -0.1) is 0 Å². The summed E-state index contributed by atoms with van der Waals surface area (Å²) in [5.74, 6) is 0. The molecule has 1 atom stereocenters. The number of hydrogen-bond donors (Lipinski definition) is 4. The largest absolute Gasteiger partial charge is 0.409 e. The summed E-state index contributed by atoms with van der Waals surface area (Å²) in [4.78, 5) is 0. The lowest BCUT2D eigenvalue weighted by molar-refractivity contribution is -0.155. The molecule has 16 heteroatoms. The number of alkyl halides is 6. The summed E-state index contributed by atoms with van der Waals surface area (Å²) >= 11 is 0. The monoisotopic (exact) mass is 474 g/mol. The molecule has 8 nitrogen and oxygen atoms in total. The second-order valence-corrected chi connectivity index (χ2v) is 10.3. The van der Waals surface area contributed by atoms with Gasteiger partial charge >= 0.3 is 12.4 Å². The molecule has 0 aliphatic heterocycles. The van der Waals surface area contributed by atoms with Crippen molar-refractivity contribution in [3.63, 3.8) is 0 Å². The van der Waals surface area contributed by atoms with E-state index >= 15 is 0 Å². The lowest BCUT2D eigenvalue weighted by Gasteiger charge is -2.23. The average Bonchev–Trinajstić information content (AvgIpc) is 2.34. The van der Waals surface area contributed by atoms with Crippen LogP contribution in [0, 0.1) is 0 Å². The van der Waals surface area contributed by atoms with Crippen molar-refractivity contribution in [2.45, 2.75) is 69.0 Å². The molecule has 0 aliphatic rings. The van der Waals surface area contributed by atoms with Gasteiger partial charge in [-0.1, -0.05) is 0 Å². The fourth-order valence-corrected chi connectivity index (χ4v) is 1.06. The predicted molar refractivity (Wildman–Crippen MR) is 86.7 cm³/mol. The van der Waals surface area contributed by atoms with E-state index in [0.29, 0.717) is 34.1 Å². The fourth-order valence-electron chi connectivity index (χ4n) is 0.479. The summed E-state index contributed by atoms with van der Waals surface area (Å²) in [7, 11) is -10.2. The SMILES string of the molecule is CC(C)(C(F)(F)F)S(=O)(=O)O.CC(C)(C(F)(F)F)S(=O)(=O)O.CC(O)CCO. The number of aliphatic hydroxyl groups excluding tert-OH is 2. The maximum Gasteiger partial charge on any atom is 0.409 e. The third-order valence-corrected chi connectivity index (χ3v) is 6.24. The first-order valence-corrected chi connectivity index (χ1v) is 10.0. The summed E-state index contributed by atoms with van der Waals surface area (Å²) in [6.07, 6.45) is -9.78. The minimum Gasteiger partial charge on any atom is -0.396 e. The van der Waals surface area contributed by atoms with Gasteiger partial charge < -0.3 is 10.2 Å². The van der Waals surface area contributed by atoms with Gasteiger partial charge in [-0.3, -0.25) is 9.11 Å². The first kappa shape index (κ1) is 32.0. The summed E-state index contributed by atoms with van der Waals surface area (Å²) in [5, 5.41) is 16.5. The fraction of sp³-hybridized carbons (Fsp3) is 1.00. The van der Waals surface area contributed by atoms with E-state index in [1.807, 2.05) is 0 Å². The number of hydrogen-bond acceptors (Lipinski definition) is 6. The Morgan fingerprint density at radius 2 is 0.964 bits per heavy atom. The zero-order chi connectivity index (χ0) is 24.0. The van der Waals surface area contributed by atoms with Crippen LogP contribution in [0.4, 0.5) is 26.3 Å². The smallest absolute Gasteiger partial charge is 0.396 e. The zero-order valence-electron chi connectivity index (χ0n) is 15.5. The molecule has 0 fully saturated rings. The van der Waals surface area contributed by atoms with Crippen LogP contribution in [0.15, 0.2) is 0 Å². The van der Waals surface area contributed by atoms with Crippen LogP contribution in [0.5, 0.6) is 0 Å². The van der Waals surface area contributed by atoms with E-state index in [1.54, 1.807) is 6.92 Å². The van der Waals surface area contributed by atoms with Crippen molar-refractivity contribution in [2.24, 2.45) is 0 Å². The van der Waals surface area contributed by atoms with Gasteiger partial charge in [0, 0.05) is 6.61 Å². The number of aliphatic hydroxyl groups is 2. The topological polar surface area (TPSA) is 149 Å². The van der Waals surface area contributed by atoms with Crippen LogP contribution in [0.1, 0.15) is 41.0 Å². The molecule has 174 valence electrons. The minimum atomic E-state index is -5.09. The van der Waals surface area contributed by atoms with E-state index in [4.69, 9.17) is 19.3 Å². The molecule has 0 aliphatic carbocycles. The second kappa shape index (κ2) is 10.4. The first-order chi connectivity index (χ1) is 11.8. The standard InChI is InChI=1S/2C4H7F3O3S.C4H10O2/c2*1-3(2,4(5,6)7)11(8,9)10;1-4(6)2-3-5/h2*1-2H3,(H,8,9,10);4-6H,2-3H2,1H3. The van der Waals surface area contributed by atoms with Gasteiger partial charge in [0.15, 0.2) is 9.49 Å². The van der Waals surface area contributed by atoms with Crippen molar-refractivity contribution < 1.29 is 62.5 Å². The Hall–Kier alpha value is -0.680. The van der Waals surface area contributed by atoms with E-state index in [2.05, 4.69) is 0 Å². The summed E-state index contributed by atoms with van der Waals surface area (Å²) < 4.78 is 121. The highest BCUT2D eigenvalue weighted by Gasteiger charge is 2.57. The maximum absolute atomic E-state index is 11.8. The van der Waals surface area contributed by atoms with Gasteiger partial charge in [-0.25, -0.2) is 0 Å². The van der Waals surface area contributed by atoms with Gasteiger partial charge in [0.1, 0.15) is 0 Å². The molecule has 0 rings (SSSR count). The van der Waals surface area contributed by atoms with Crippen molar-refractivity contribution in [3.05, 3.63) is 0 Å². The zero-order valence-corrected chi connectivity index (χ0v) is 17.1. The van der Waals surface area contributed by atoms with Crippen molar-refractivity contribution >= 4 is 20.2 Å². The Balaban J connectivity index is -0.000000351. The van der Waals surface area contributed by atoms with Crippen LogP contribution in [-0.2, 0) is 20.2 Å². The van der Waals surface area contributed by atoms with Crippen molar-refractivity contribution in [1.82, 2.24) is 0 Å². The third-order valence-electron chi connectivity index (χ3n) is 3.20. The quantitative estimate of drug-likeness (QED) is 0.358. The van der Waals surface area contributed by atoms with Crippen molar-refractivity contribution in [1.29, 1.82) is 0 Å². The van der Waals surface area contributed by atoms with Gasteiger partial charge in [-0.2, -0.15) is 43.2 Å². The van der Waals surface area contributed by atoms with E-state index in [0.717, 1.165) is 0 Å². The molecule has 28 heavy (non-hydrogen) atoms. The molecule has 0 bridgehead atoms. The molecule has 0 amide bonds. The molecule has 1 unspecified atom stereocenters. The van der Waals surface area contributed by atoms with E-state index in [9.17, 15) is 43.2 Å². The summed E-state index contributed by atoms with van der Waals surface area (Å²) in [5.41, 5.74) is 0. The van der Waals surface area contributed by atoms with Gasteiger partial charge in [-0.05, 0) is 41.0 Å². The Bertz CT molecular complexity index is 609. The van der Waals surface area contributed by atoms with Gasteiger partial charge in [0.05, 0.1) is 6.10 Å². The Labute approximate surface area is 159 Å². The van der Waals surface area contributed by atoms with Gasteiger partial charge in [0.25, 0.3) is 20.2 Å². The van der Waals surface area contributed by atoms with E-state index in [1.165, 1.54) is 0 Å². The van der Waals surface area contributed by atoms with Crippen LogP contribution in [0.2, 0.25) is 0 Å². The lowest BCUT2D eigenvalue weighted by Crippen LogP contribution is -2.46. The Morgan fingerprint density at radius 3 is 0.964 bits per heavy atom. The maximum atomic E-state index is 11.8. The molecule has 4 N–H and O–H groups in total. The lowest BCUT2D eigenvalue weighted by atomic mass is 10.2. The van der Waals surface area contributed by atoms with Crippen molar-refractivity contribution in [3.8, 4) is 0 Å². The molecule has 0 heterocycles. The highest BCUT2D eigenvalue weighted by Crippen LogP contribution is 2.36. The number of halogens is 6. The molecule has 0 aromatic heterocycles. The second-order valence-electron chi connectivity index (χ2n) is 6.33. The molecular weight excluding hydrogens is 450 g/mol. The van der Waals surface area contributed by atoms with Crippen LogP contribution >= 0.6 is 0 Å². The van der Waals surface area contributed by atoms with Crippen LogP contribution in [0.3, 0.4) is 0 Å². The average molecular weight is 474 g/mol. The third kappa shape index (κ3) is 10.2. The predicted octanol–water partition coefficient (Wildman–Crippen LogP) is 2.18. The normalized spacial score (nSPS) is 15.0. The Kier molecular flexibility index (Phi) is 11.9. The van der Waals surface area contributed by atoms with E-state index < -0.39 is 42.1 Å². The highest BCUT2D eigenvalue weighted by atomic mass is 32.2. The highest BCUT2D eigenvalue weighted by molar-refractivity contribution is 7.87. The first-order valence-electron chi connectivity index (χ1n) is 7.13. The molecule has 0 saturated heterocycles. The van der Waals surface area contributed by atoms with Crippen LogP contribution in [-0.4, -0.2) is 70.7 Å². The Morgan fingerprint density at radius 1 is 0.750 bits per heavy atom. The van der Waals surface area contributed by atoms with Crippen LogP contribution < -0.4 is 0 Å². The minimum absolute atomic E-state index is 0.0810. The number of rotatable bonds is 4. The molecule has 0 aromatic carbocycles. The molecule has 0 aromatic rings. The summed E-state index contributed by atoms with van der Waals surface area (Å²) in [6.45, 7) is 3.29. The summed E-state index contributed by atoms with van der Waals surface area (Å²) in [6, 6.07) is 0. The van der Waals surface area contributed by atoms with Crippen LogP contribution in [0.25, 0.3) is 0 Å². The van der Waals surface area contributed by atoms with Gasteiger partial charge in [0.2, 0.25) is 0 Å².